The molecule has 7 nitrogen and oxygen atoms in total. The summed E-state index contributed by atoms with van der Waals surface area (Å²) in [4.78, 5) is 28.6. The van der Waals surface area contributed by atoms with Crippen LogP contribution in [-0.4, -0.2) is 57.2 Å². The van der Waals surface area contributed by atoms with Crippen LogP contribution in [0, 0.1) is 5.92 Å². The summed E-state index contributed by atoms with van der Waals surface area (Å²) in [7, 11) is 3.49. The van der Waals surface area contributed by atoms with Crippen LogP contribution in [0.25, 0.3) is 11.1 Å². The number of hydrogen-bond donors (Lipinski definition) is 1. The molecule has 1 aliphatic rings. The van der Waals surface area contributed by atoms with Crippen molar-refractivity contribution < 1.29 is 23.8 Å². The molecule has 0 spiro atoms. The van der Waals surface area contributed by atoms with Gasteiger partial charge in [0, 0.05) is 0 Å². The van der Waals surface area contributed by atoms with Crippen molar-refractivity contribution in [2.45, 2.75) is 39.0 Å². The molecule has 0 bridgehead atoms. The zero-order valence-corrected chi connectivity index (χ0v) is 23.8. The van der Waals surface area contributed by atoms with Gasteiger partial charge < -0.3 is 24.4 Å². The highest BCUT2D eigenvalue weighted by atomic mass is 16.5. The number of anilines is 1. The van der Waals surface area contributed by atoms with Crippen molar-refractivity contribution in [3.05, 3.63) is 77.9 Å². The quantitative estimate of drug-likeness (QED) is 0.202. The third-order valence-corrected chi connectivity index (χ3v) is 7.36. The van der Waals surface area contributed by atoms with E-state index < -0.39 is 5.97 Å². The Bertz CT molecular complexity index is 1270. The summed E-state index contributed by atoms with van der Waals surface area (Å²) in [5, 5.41) is 2.94. The molecule has 0 aliphatic carbocycles. The molecule has 1 saturated heterocycles. The third kappa shape index (κ3) is 7.85. The predicted octanol–water partition coefficient (Wildman–Crippen LogP) is 6.68. The molecular formula is C33H40N2O5. The van der Waals surface area contributed by atoms with Crippen molar-refractivity contribution in [2.75, 3.05) is 45.8 Å². The van der Waals surface area contributed by atoms with Crippen LogP contribution in [0.5, 0.6) is 11.5 Å². The largest absolute Gasteiger partial charge is 0.494 e. The summed E-state index contributed by atoms with van der Waals surface area (Å²) in [6.07, 6.45) is 5.21. The normalized spacial score (nSPS) is 14.0. The molecule has 0 radical (unpaired) electrons. The molecule has 1 amide bonds. The number of methoxy groups -OCH3 is 1. The van der Waals surface area contributed by atoms with E-state index in [0.717, 1.165) is 43.5 Å². The number of esters is 1. The molecule has 7 heteroatoms. The minimum atomic E-state index is -0.527. The highest BCUT2D eigenvalue weighted by Crippen LogP contribution is 2.30. The number of unbranched alkanes of at least 4 members (excludes halogenated alkanes) is 1. The lowest BCUT2D eigenvalue weighted by Gasteiger charge is -2.28. The first-order valence-electron chi connectivity index (χ1n) is 14.2. The van der Waals surface area contributed by atoms with Crippen LogP contribution in [0.3, 0.4) is 0 Å². The molecule has 0 atom stereocenters. The lowest BCUT2D eigenvalue weighted by molar-refractivity contribution is 0.0602. The van der Waals surface area contributed by atoms with Crippen molar-refractivity contribution in [3.63, 3.8) is 0 Å². The van der Waals surface area contributed by atoms with E-state index in [-0.39, 0.29) is 11.5 Å². The minimum absolute atomic E-state index is 0.273. The highest BCUT2D eigenvalue weighted by Gasteiger charge is 2.20. The number of ether oxygens (including phenoxy) is 3. The van der Waals surface area contributed by atoms with Gasteiger partial charge in [0.05, 0.1) is 37.1 Å². The summed E-state index contributed by atoms with van der Waals surface area (Å²) in [6.45, 7) is 5.43. The Kier molecular flexibility index (Phi) is 10.6. The zero-order chi connectivity index (χ0) is 28.3. The van der Waals surface area contributed by atoms with Gasteiger partial charge in [-0.1, -0.05) is 49.7 Å². The fourth-order valence-electron chi connectivity index (χ4n) is 4.86. The van der Waals surface area contributed by atoms with Crippen molar-refractivity contribution in [1.29, 1.82) is 0 Å². The van der Waals surface area contributed by atoms with Gasteiger partial charge in [-0.05, 0) is 93.2 Å². The second-order valence-electron chi connectivity index (χ2n) is 10.3. The van der Waals surface area contributed by atoms with Gasteiger partial charge >= 0.3 is 5.97 Å². The highest BCUT2D eigenvalue weighted by molar-refractivity contribution is 6.10. The number of carbonyl (C=O) groups excluding carboxylic acids is 2. The average Bonchev–Trinajstić information content (AvgIpc) is 2.99. The summed E-state index contributed by atoms with van der Waals surface area (Å²) in [5.41, 5.74) is 2.83. The van der Waals surface area contributed by atoms with E-state index in [1.165, 1.54) is 20.0 Å². The number of carbonyl (C=O) groups is 2. The van der Waals surface area contributed by atoms with Crippen LogP contribution in [0.15, 0.2) is 66.7 Å². The second-order valence-corrected chi connectivity index (χ2v) is 10.3. The van der Waals surface area contributed by atoms with E-state index >= 15 is 0 Å². The standard InChI is InChI=1S/C33H40N2O5/c1-4-5-20-40-31-14-12-27(39-21-17-24-15-18-35(2)19-16-24)23-29(31)32(36)34-30-22-26(25-9-7-6-8-10-25)11-13-28(30)33(37)38-3/h6-14,22-24H,4-5,15-21H2,1-3H3,(H,34,36). The fourth-order valence-corrected chi connectivity index (χ4v) is 4.86. The number of piperidine rings is 1. The molecule has 212 valence electrons. The van der Waals surface area contributed by atoms with Crippen LogP contribution >= 0.6 is 0 Å². The van der Waals surface area contributed by atoms with Gasteiger partial charge in [-0.15, -0.1) is 0 Å². The number of hydrogen-bond acceptors (Lipinski definition) is 6. The number of amides is 1. The molecule has 3 aromatic rings. The summed E-state index contributed by atoms with van der Waals surface area (Å²) < 4.78 is 17.1. The molecular weight excluding hydrogens is 504 g/mol. The summed E-state index contributed by atoms with van der Waals surface area (Å²) in [6, 6.07) is 20.5. The molecule has 0 unspecified atom stereocenters. The van der Waals surface area contributed by atoms with E-state index in [9.17, 15) is 9.59 Å². The van der Waals surface area contributed by atoms with Crippen LogP contribution in [0.2, 0.25) is 0 Å². The fraction of sp³-hybridized carbons (Fsp3) is 0.394. The predicted molar refractivity (Wildman–Crippen MR) is 158 cm³/mol. The number of nitrogens with zero attached hydrogens (tertiary/aromatic N) is 1. The summed E-state index contributed by atoms with van der Waals surface area (Å²) >= 11 is 0. The Morgan fingerprint density at radius 1 is 0.900 bits per heavy atom. The van der Waals surface area contributed by atoms with Gasteiger partial charge in [0.1, 0.15) is 11.5 Å². The molecule has 1 aliphatic heterocycles. The SMILES string of the molecule is CCCCOc1ccc(OCCC2CCN(C)CC2)cc1C(=O)Nc1cc(-c2ccccc2)ccc1C(=O)OC. The van der Waals surface area contributed by atoms with Crippen molar-refractivity contribution in [3.8, 4) is 22.6 Å². The maximum Gasteiger partial charge on any atom is 0.339 e. The third-order valence-electron chi connectivity index (χ3n) is 7.36. The molecule has 1 N–H and O–H groups in total. The van der Waals surface area contributed by atoms with E-state index in [1.54, 1.807) is 24.3 Å². The summed E-state index contributed by atoms with van der Waals surface area (Å²) in [5.74, 6) is 0.840. The van der Waals surface area contributed by atoms with E-state index in [1.807, 2.05) is 42.5 Å². The van der Waals surface area contributed by atoms with E-state index in [2.05, 4.69) is 24.2 Å². The van der Waals surface area contributed by atoms with Crippen molar-refractivity contribution in [2.24, 2.45) is 5.92 Å². The molecule has 1 heterocycles. The molecule has 4 rings (SSSR count). The van der Waals surface area contributed by atoms with Crippen LogP contribution in [-0.2, 0) is 4.74 Å². The first kappa shape index (κ1) is 29.2. The Balaban J connectivity index is 1.55. The smallest absolute Gasteiger partial charge is 0.339 e. The maximum atomic E-state index is 13.7. The Morgan fingerprint density at radius 3 is 2.40 bits per heavy atom. The van der Waals surface area contributed by atoms with Gasteiger partial charge in [-0.25, -0.2) is 4.79 Å². The van der Waals surface area contributed by atoms with Crippen LogP contribution in [0.4, 0.5) is 5.69 Å². The molecule has 0 aromatic heterocycles. The first-order chi connectivity index (χ1) is 19.5. The van der Waals surface area contributed by atoms with Crippen LogP contribution in [0.1, 0.15) is 59.7 Å². The number of rotatable bonds is 12. The number of likely N-dealkylation sites (tertiary alicyclic amines) is 1. The lowest BCUT2D eigenvalue weighted by atomic mass is 9.94. The zero-order valence-electron chi connectivity index (χ0n) is 23.8. The van der Waals surface area contributed by atoms with Gasteiger partial charge in [0.15, 0.2) is 0 Å². The van der Waals surface area contributed by atoms with Gasteiger partial charge in [-0.2, -0.15) is 0 Å². The monoisotopic (exact) mass is 544 g/mol. The number of nitrogens with one attached hydrogen (secondary N) is 1. The maximum absolute atomic E-state index is 13.7. The molecule has 3 aromatic carbocycles. The second kappa shape index (κ2) is 14.5. The Labute approximate surface area is 237 Å². The van der Waals surface area contributed by atoms with Crippen molar-refractivity contribution in [1.82, 2.24) is 4.90 Å². The number of benzene rings is 3. The minimum Gasteiger partial charge on any atom is -0.494 e. The van der Waals surface area contributed by atoms with Gasteiger partial charge in [-0.3, -0.25) is 4.79 Å². The molecule has 0 saturated carbocycles. The molecule has 40 heavy (non-hydrogen) atoms. The Morgan fingerprint density at radius 2 is 1.68 bits per heavy atom. The van der Waals surface area contributed by atoms with Gasteiger partial charge in [0.2, 0.25) is 0 Å². The average molecular weight is 545 g/mol. The lowest BCUT2D eigenvalue weighted by Crippen LogP contribution is -2.30. The van der Waals surface area contributed by atoms with E-state index in [0.29, 0.717) is 41.9 Å². The Hall–Kier alpha value is -3.84. The van der Waals surface area contributed by atoms with Crippen LogP contribution < -0.4 is 14.8 Å². The van der Waals surface area contributed by atoms with Crippen molar-refractivity contribution >= 4 is 17.6 Å². The molecule has 1 fully saturated rings. The topological polar surface area (TPSA) is 77.1 Å². The first-order valence-corrected chi connectivity index (χ1v) is 14.2. The van der Waals surface area contributed by atoms with E-state index in [4.69, 9.17) is 14.2 Å². The van der Waals surface area contributed by atoms with Gasteiger partial charge in [0.25, 0.3) is 5.91 Å².